The van der Waals surface area contributed by atoms with Gasteiger partial charge in [0.1, 0.15) is 0 Å². The van der Waals surface area contributed by atoms with Crippen molar-refractivity contribution in [1.29, 1.82) is 0 Å². The van der Waals surface area contributed by atoms with E-state index in [1.807, 2.05) is 0 Å². The molecule has 66 valence electrons. The van der Waals surface area contributed by atoms with E-state index >= 15 is 0 Å². The summed E-state index contributed by atoms with van der Waals surface area (Å²) < 4.78 is 18.6. The van der Waals surface area contributed by atoms with Gasteiger partial charge in [-0.15, -0.1) is 0 Å². The van der Waals surface area contributed by atoms with Gasteiger partial charge in [-0.25, -0.2) is 4.57 Å². The Morgan fingerprint density at radius 3 is 2.42 bits per heavy atom. The molecule has 0 fully saturated rings. The molecular weight excluding hydrogens is 214 g/mol. The Morgan fingerprint density at radius 2 is 2.08 bits per heavy atom. The van der Waals surface area contributed by atoms with Gasteiger partial charge in [-0.1, -0.05) is 0 Å². The summed E-state index contributed by atoms with van der Waals surface area (Å²) in [7, 11) is -4.45. The first kappa shape index (κ1) is 15.3. The predicted molar refractivity (Wildman–Crippen MR) is 42.1 cm³/mol. The fourth-order valence-electron chi connectivity index (χ4n) is 0.433. The number of hydrogen-bond donors (Lipinski definition) is 2. The molecule has 1 heterocycles. The summed E-state index contributed by atoms with van der Waals surface area (Å²) in [5.74, 6) is -0.187. The van der Waals surface area contributed by atoms with Crippen molar-refractivity contribution < 1.29 is 28.8 Å². The van der Waals surface area contributed by atoms with Gasteiger partial charge in [-0.3, -0.25) is 9.79 Å². The van der Waals surface area contributed by atoms with Crippen molar-refractivity contribution in [3.8, 4) is 5.95 Å². The average Bonchev–Trinajstić information content (AvgIpc) is 2.12. The van der Waals surface area contributed by atoms with E-state index in [4.69, 9.17) is 9.79 Å². The molecule has 8 heteroatoms. The molecule has 0 atom stereocenters. The molecule has 1 aromatic rings. The summed E-state index contributed by atoms with van der Waals surface area (Å²) in [6.45, 7) is 0. The molecule has 1 aromatic heterocycles. The zero-order valence-electron chi connectivity index (χ0n) is 5.30. The van der Waals surface area contributed by atoms with Crippen LogP contribution in [0.3, 0.4) is 0 Å². The van der Waals surface area contributed by atoms with E-state index in [0.717, 1.165) is 0 Å². The molecule has 0 spiro atoms. The van der Waals surface area contributed by atoms with Gasteiger partial charge in [0.05, 0.1) is 6.26 Å². The quantitative estimate of drug-likeness (QED) is 0.506. The van der Waals surface area contributed by atoms with E-state index in [9.17, 15) is 4.57 Å². The summed E-state index contributed by atoms with van der Waals surface area (Å²) in [6, 6.07) is 2.77. The normalized spacial score (nSPS) is 9.50. The Kier molecular flexibility index (Phi) is 8.04. The van der Waals surface area contributed by atoms with Gasteiger partial charge in [0.2, 0.25) is 0 Å². The van der Waals surface area contributed by atoms with Crippen LogP contribution in [0.15, 0.2) is 22.8 Å². The third-order valence-corrected chi connectivity index (χ3v) is 1.12. The van der Waals surface area contributed by atoms with Crippen molar-refractivity contribution in [2.45, 2.75) is 0 Å². The third kappa shape index (κ3) is 6.35. The number of phosphoric ester groups is 1. The minimum absolute atomic E-state index is 0. The Bertz CT molecular complexity index is 240. The number of hydrogen-bond acceptors (Lipinski definition) is 3. The Labute approximate surface area is 111 Å². The Morgan fingerprint density at radius 1 is 1.50 bits per heavy atom. The SMILES string of the molecule is O.O=P(O)(O)Oc1ccco1.[KH]. The number of rotatable bonds is 2. The maximum absolute atomic E-state index is 10.1. The molecule has 0 aromatic carbocycles. The van der Waals surface area contributed by atoms with Crippen molar-refractivity contribution in [1.82, 2.24) is 0 Å². The van der Waals surface area contributed by atoms with Crippen LogP contribution < -0.4 is 4.52 Å². The van der Waals surface area contributed by atoms with Crippen molar-refractivity contribution >= 4 is 59.2 Å². The summed E-state index contributed by atoms with van der Waals surface area (Å²) in [6.07, 6.45) is 1.25. The molecule has 0 aliphatic heterocycles. The van der Waals surface area contributed by atoms with Crippen LogP contribution in [0.5, 0.6) is 5.95 Å². The van der Waals surface area contributed by atoms with Crippen LogP contribution in [0, 0.1) is 0 Å². The van der Waals surface area contributed by atoms with E-state index in [-0.39, 0.29) is 62.8 Å². The van der Waals surface area contributed by atoms with Crippen LogP contribution in [0.1, 0.15) is 0 Å². The molecule has 0 aliphatic carbocycles. The topological polar surface area (TPSA) is 111 Å². The zero-order valence-corrected chi connectivity index (χ0v) is 6.19. The summed E-state index contributed by atoms with van der Waals surface area (Å²) in [5, 5.41) is 0. The van der Waals surface area contributed by atoms with Gasteiger partial charge in [0, 0.05) is 6.07 Å². The van der Waals surface area contributed by atoms with E-state index in [0.29, 0.717) is 0 Å². The van der Waals surface area contributed by atoms with Crippen LogP contribution in [0.4, 0.5) is 0 Å². The zero-order chi connectivity index (χ0) is 7.61. The second kappa shape index (κ2) is 6.31. The third-order valence-electron chi connectivity index (χ3n) is 0.704. The molecule has 0 amide bonds. The number of phosphoric acid groups is 1. The molecular formula is C4H8KO6P. The molecule has 0 radical (unpaired) electrons. The first-order chi connectivity index (χ1) is 4.58. The summed E-state index contributed by atoms with van der Waals surface area (Å²) in [5.41, 5.74) is 0. The van der Waals surface area contributed by atoms with E-state index in [1.165, 1.54) is 18.4 Å². The van der Waals surface area contributed by atoms with Gasteiger partial charge in [0.15, 0.2) is 0 Å². The molecule has 0 bridgehead atoms. The fourth-order valence-corrected chi connectivity index (χ4v) is 0.771. The fraction of sp³-hybridized carbons (Fsp3) is 0. The van der Waals surface area contributed by atoms with Gasteiger partial charge in [-0.05, 0) is 6.07 Å². The van der Waals surface area contributed by atoms with Crippen LogP contribution in [0.25, 0.3) is 0 Å². The minimum atomic E-state index is -4.45. The van der Waals surface area contributed by atoms with Crippen LogP contribution in [0.2, 0.25) is 0 Å². The number of furan rings is 1. The second-order valence-electron chi connectivity index (χ2n) is 1.51. The van der Waals surface area contributed by atoms with Gasteiger partial charge in [-0.2, -0.15) is 0 Å². The average molecular weight is 222 g/mol. The van der Waals surface area contributed by atoms with Crippen LogP contribution in [-0.4, -0.2) is 66.6 Å². The molecule has 0 saturated carbocycles. The molecule has 0 aliphatic rings. The van der Waals surface area contributed by atoms with Gasteiger partial charge in [0.25, 0.3) is 5.95 Å². The van der Waals surface area contributed by atoms with Crippen LogP contribution >= 0.6 is 7.82 Å². The molecule has 0 saturated heterocycles. The van der Waals surface area contributed by atoms with Crippen molar-refractivity contribution in [2.24, 2.45) is 0 Å². The molecule has 0 unspecified atom stereocenters. The van der Waals surface area contributed by atoms with Gasteiger partial charge < -0.3 is 14.4 Å². The Hall–Kier alpha value is 0.826. The van der Waals surface area contributed by atoms with E-state index < -0.39 is 7.82 Å². The monoisotopic (exact) mass is 222 g/mol. The van der Waals surface area contributed by atoms with E-state index in [2.05, 4.69) is 8.94 Å². The first-order valence-electron chi connectivity index (χ1n) is 2.36. The standard InChI is InChI=1S/C4H5O5P.K.H2O.H/c5-10(6,7)9-4-2-1-3-8-4;;;/h1-3H,(H2,5,6,7);;1H2;. The van der Waals surface area contributed by atoms with Crippen molar-refractivity contribution in [3.05, 3.63) is 18.4 Å². The predicted octanol–water partition coefficient (Wildman–Crippen LogP) is -0.722. The summed E-state index contributed by atoms with van der Waals surface area (Å²) in [4.78, 5) is 16.4. The van der Waals surface area contributed by atoms with Crippen molar-refractivity contribution in [2.75, 3.05) is 0 Å². The van der Waals surface area contributed by atoms with E-state index in [1.54, 1.807) is 0 Å². The summed E-state index contributed by atoms with van der Waals surface area (Å²) >= 11 is 0. The molecule has 1 rings (SSSR count). The maximum atomic E-state index is 10.1. The second-order valence-corrected chi connectivity index (χ2v) is 2.68. The molecule has 6 nitrogen and oxygen atoms in total. The Balaban J connectivity index is 0. The van der Waals surface area contributed by atoms with Crippen molar-refractivity contribution in [3.63, 3.8) is 0 Å². The molecule has 4 N–H and O–H groups in total. The molecule has 12 heavy (non-hydrogen) atoms. The van der Waals surface area contributed by atoms with Gasteiger partial charge >= 0.3 is 59.2 Å². The first-order valence-corrected chi connectivity index (χ1v) is 3.89. The van der Waals surface area contributed by atoms with Crippen LogP contribution in [-0.2, 0) is 4.57 Å².